The van der Waals surface area contributed by atoms with E-state index in [2.05, 4.69) is 46.7 Å². The van der Waals surface area contributed by atoms with Gasteiger partial charge in [-0.05, 0) is 94.7 Å². The number of piperidine rings is 1. The third-order valence-electron chi connectivity index (χ3n) is 8.24. The first-order valence-corrected chi connectivity index (χ1v) is 14.3. The number of anilines is 1. The Morgan fingerprint density at radius 3 is 2.27 bits per heavy atom. The number of hydrogen-bond donors (Lipinski definition) is 2. The highest BCUT2D eigenvalue weighted by atomic mass is 16.2. The third kappa shape index (κ3) is 6.72. The molecule has 3 atom stereocenters. The van der Waals surface area contributed by atoms with Gasteiger partial charge in [0.25, 0.3) is 5.91 Å². The number of carbonyl (C=O) groups excluding carboxylic acids is 2. The summed E-state index contributed by atoms with van der Waals surface area (Å²) < 4.78 is 0. The molecule has 2 aromatic carbocycles. The minimum atomic E-state index is -0.474. The highest BCUT2D eigenvalue weighted by molar-refractivity contribution is 5.97. The molecule has 5 rings (SSSR count). The number of hydrogen-bond acceptors (Lipinski definition) is 4. The molecule has 0 bridgehead atoms. The molecule has 6 nitrogen and oxygen atoms in total. The van der Waals surface area contributed by atoms with E-state index >= 15 is 0 Å². The lowest BCUT2D eigenvalue weighted by Gasteiger charge is -2.31. The van der Waals surface area contributed by atoms with Crippen LogP contribution in [0, 0.1) is 6.92 Å². The van der Waals surface area contributed by atoms with E-state index in [9.17, 15) is 9.59 Å². The lowest BCUT2D eigenvalue weighted by Crippen LogP contribution is -2.50. The normalized spacial score (nSPS) is 22.1. The molecule has 0 radical (unpaired) electrons. The average Bonchev–Trinajstić information content (AvgIpc) is 3.49. The van der Waals surface area contributed by atoms with Crippen LogP contribution in [0.25, 0.3) is 0 Å². The minimum Gasteiger partial charge on any atom is -0.372 e. The quantitative estimate of drug-likeness (QED) is 0.465. The monoisotopic (exact) mass is 502 g/mol. The third-order valence-corrected chi connectivity index (χ3v) is 8.24. The zero-order valence-electron chi connectivity index (χ0n) is 22.3. The molecule has 3 aliphatic rings. The summed E-state index contributed by atoms with van der Waals surface area (Å²) in [6, 6.07) is 16.7. The SMILES string of the molecule is Cc1ccc([C@@H]2C[C@H]2NCCC[C@H](NC(=O)c2ccc(N3CCCC3)cc2)C(=O)N2CCCCC2)cc1. The van der Waals surface area contributed by atoms with E-state index in [-0.39, 0.29) is 11.8 Å². The first kappa shape index (κ1) is 25.8. The number of benzene rings is 2. The van der Waals surface area contributed by atoms with E-state index in [1.165, 1.54) is 42.5 Å². The van der Waals surface area contributed by atoms with Gasteiger partial charge in [0.2, 0.25) is 5.91 Å². The summed E-state index contributed by atoms with van der Waals surface area (Å²) in [7, 11) is 0. The molecule has 198 valence electrons. The van der Waals surface area contributed by atoms with Crippen molar-refractivity contribution in [3.05, 3.63) is 65.2 Å². The van der Waals surface area contributed by atoms with Crippen molar-refractivity contribution in [3.63, 3.8) is 0 Å². The second kappa shape index (κ2) is 12.1. The summed E-state index contributed by atoms with van der Waals surface area (Å²) in [6.07, 6.45) is 8.41. The van der Waals surface area contributed by atoms with Gasteiger partial charge in [-0.2, -0.15) is 0 Å². The summed E-state index contributed by atoms with van der Waals surface area (Å²) in [5.74, 6) is 0.512. The smallest absolute Gasteiger partial charge is 0.251 e. The zero-order chi connectivity index (χ0) is 25.6. The zero-order valence-corrected chi connectivity index (χ0v) is 22.3. The number of likely N-dealkylation sites (tertiary alicyclic amines) is 1. The molecule has 0 aromatic heterocycles. The lowest BCUT2D eigenvalue weighted by molar-refractivity contribution is -0.134. The molecule has 2 aromatic rings. The molecular weight excluding hydrogens is 460 g/mol. The highest BCUT2D eigenvalue weighted by Crippen LogP contribution is 2.40. The summed E-state index contributed by atoms with van der Waals surface area (Å²) in [5, 5.41) is 6.76. The molecule has 2 aliphatic heterocycles. The van der Waals surface area contributed by atoms with Gasteiger partial charge in [-0.15, -0.1) is 0 Å². The van der Waals surface area contributed by atoms with Crippen LogP contribution in [0.3, 0.4) is 0 Å². The van der Waals surface area contributed by atoms with Crippen molar-refractivity contribution < 1.29 is 9.59 Å². The Morgan fingerprint density at radius 2 is 1.57 bits per heavy atom. The van der Waals surface area contributed by atoms with Gasteiger partial charge in [0.1, 0.15) is 6.04 Å². The molecule has 3 fully saturated rings. The molecule has 37 heavy (non-hydrogen) atoms. The number of carbonyl (C=O) groups is 2. The summed E-state index contributed by atoms with van der Waals surface area (Å²) >= 11 is 0. The van der Waals surface area contributed by atoms with E-state index in [0.29, 0.717) is 23.9 Å². The lowest BCUT2D eigenvalue weighted by atomic mass is 10.1. The maximum Gasteiger partial charge on any atom is 0.251 e. The van der Waals surface area contributed by atoms with Gasteiger partial charge in [0, 0.05) is 49.4 Å². The molecule has 2 amide bonds. The first-order chi connectivity index (χ1) is 18.1. The summed E-state index contributed by atoms with van der Waals surface area (Å²) in [5.41, 5.74) is 4.49. The average molecular weight is 503 g/mol. The predicted molar refractivity (Wildman–Crippen MR) is 149 cm³/mol. The first-order valence-electron chi connectivity index (χ1n) is 14.3. The Kier molecular flexibility index (Phi) is 8.45. The van der Waals surface area contributed by atoms with Gasteiger partial charge in [0.05, 0.1) is 0 Å². The molecule has 6 heteroatoms. The Balaban J connectivity index is 1.14. The van der Waals surface area contributed by atoms with Gasteiger partial charge in [-0.3, -0.25) is 9.59 Å². The van der Waals surface area contributed by atoms with Crippen molar-refractivity contribution in [2.75, 3.05) is 37.6 Å². The second-order valence-electron chi connectivity index (χ2n) is 11.1. The van der Waals surface area contributed by atoms with Crippen LogP contribution in [0.1, 0.15) is 78.8 Å². The van der Waals surface area contributed by atoms with Crippen molar-refractivity contribution in [2.45, 2.75) is 76.3 Å². The van der Waals surface area contributed by atoms with Crippen LogP contribution in [0.2, 0.25) is 0 Å². The van der Waals surface area contributed by atoms with Gasteiger partial charge in [-0.1, -0.05) is 29.8 Å². The molecule has 1 saturated carbocycles. The standard InChI is InChI=1S/C31H42N4O2/c1-23-9-11-24(12-10-23)27-22-29(27)32-17-7-8-28(31(37)35-20-3-2-4-21-35)33-30(36)25-13-15-26(16-14-25)34-18-5-6-19-34/h9-16,27-29,32H,2-8,17-22H2,1H3,(H,33,36)/t27-,28-,29+/m0/s1. The molecular formula is C31H42N4O2. The van der Waals surface area contributed by atoms with Crippen molar-refractivity contribution in [1.82, 2.24) is 15.5 Å². The largest absolute Gasteiger partial charge is 0.372 e. The highest BCUT2D eigenvalue weighted by Gasteiger charge is 2.37. The van der Waals surface area contributed by atoms with Crippen LogP contribution >= 0.6 is 0 Å². The molecule has 2 N–H and O–H groups in total. The summed E-state index contributed by atoms with van der Waals surface area (Å²) in [4.78, 5) is 30.8. The number of nitrogens with zero attached hydrogens (tertiary/aromatic N) is 2. The second-order valence-corrected chi connectivity index (χ2v) is 11.1. The Morgan fingerprint density at radius 1 is 0.892 bits per heavy atom. The van der Waals surface area contributed by atoms with Gasteiger partial charge < -0.3 is 20.4 Å². The summed E-state index contributed by atoms with van der Waals surface area (Å²) in [6.45, 7) is 6.74. The van der Waals surface area contributed by atoms with E-state index < -0.39 is 6.04 Å². The van der Waals surface area contributed by atoms with Crippen LogP contribution in [0.4, 0.5) is 5.69 Å². The fourth-order valence-electron chi connectivity index (χ4n) is 5.83. The molecule has 0 unspecified atom stereocenters. The molecule has 2 heterocycles. The maximum atomic E-state index is 13.4. The van der Waals surface area contributed by atoms with Crippen molar-refractivity contribution in [1.29, 1.82) is 0 Å². The number of amides is 2. The van der Waals surface area contributed by atoms with E-state index in [0.717, 1.165) is 52.0 Å². The fraction of sp³-hybridized carbons (Fsp3) is 0.548. The molecule has 0 spiro atoms. The number of rotatable bonds is 10. The van der Waals surface area contributed by atoms with Crippen LogP contribution in [0.5, 0.6) is 0 Å². The van der Waals surface area contributed by atoms with Gasteiger partial charge in [0.15, 0.2) is 0 Å². The Hall–Kier alpha value is -2.86. The van der Waals surface area contributed by atoms with E-state index in [4.69, 9.17) is 0 Å². The topological polar surface area (TPSA) is 64.7 Å². The van der Waals surface area contributed by atoms with Crippen molar-refractivity contribution >= 4 is 17.5 Å². The molecule has 2 saturated heterocycles. The van der Waals surface area contributed by atoms with E-state index in [1.54, 1.807) is 0 Å². The number of nitrogens with one attached hydrogen (secondary N) is 2. The van der Waals surface area contributed by atoms with Gasteiger partial charge >= 0.3 is 0 Å². The number of aryl methyl sites for hydroxylation is 1. The Bertz CT molecular complexity index is 1040. The predicted octanol–water partition coefficient (Wildman–Crippen LogP) is 4.63. The van der Waals surface area contributed by atoms with Crippen LogP contribution in [-0.2, 0) is 4.79 Å². The van der Waals surface area contributed by atoms with Crippen LogP contribution < -0.4 is 15.5 Å². The van der Waals surface area contributed by atoms with Crippen LogP contribution in [0.15, 0.2) is 48.5 Å². The van der Waals surface area contributed by atoms with Gasteiger partial charge in [-0.25, -0.2) is 0 Å². The van der Waals surface area contributed by atoms with E-state index in [1.807, 2.05) is 29.2 Å². The van der Waals surface area contributed by atoms with Crippen molar-refractivity contribution in [2.24, 2.45) is 0 Å². The van der Waals surface area contributed by atoms with Crippen molar-refractivity contribution in [3.8, 4) is 0 Å². The van der Waals surface area contributed by atoms with Crippen LogP contribution in [-0.4, -0.2) is 61.5 Å². The maximum absolute atomic E-state index is 13.4. The molecule has 1 aliphatic carbocycles. The minimum absolute atomic E-state index is 0.0747. The Labute approximate surface area is 221 Å². The fourth-order valence-corrected chi connectivity index (χ4v) is 5.83.